The van der Waals surface area contributed by atoms with Crippen LogP contribution in [0.3, 0.4) is 0 Å². The minimum absolute atomic E-state index is 0. The van der Waals surface area contributed by atoms with Crippen LogP contribution in [0.4, 0.5) is 0 Å². The Morgan fingerprint density at radius 2 is 2.00 bits per heavy atom. The average Bonchev–Trinajstić information content (AvgIpc) is 2.10. The molecule has 0 spiro atoms. The van der Waals surface area contributed by atoms with Gasteiger partial charge in [-0.2, -0.15) is 0 Å². The van der Waals surface area contributed by atoms with E-state index < -0.39 is 0 Å². The molecule has 0 unspecified atom stereocenters. The summed E-state index contributed by atoms with van der Waals surface area (Å²) in [6.07, 6.45) is 7.55. The van der Waals surface area contributed by atoms with Crippen molar-refractivity contribution in [2.75, 3.05) is 13.6 Å². The Labute approximate surface area is 79.0 Å². The highest BCUT2D eigenvalue weighted by molar-refractivity contribution is 5.19. The van der Waals surface area contributed by atoms with E-state index in [2.05, 4.69) is 30.5 Å². The molecule has 0 saturated carbocycles. The van der Waals surface area contributed by atoms with Crippen molar-refractivity contribution >= 4 is 0 Å². The summed E-state index contributed by atoms with van der Waals surface area (Å²) >= 11 is 0. The fraction of sp³-hybridized carbons (Fsp3) is 0.636. The molecule has 0 aromatic carbocycles. The Bertz CT molecular complexity index is 128. The number of allylic oxidation sites excluding steroid dienone is 2. The van der Waals surface area contributed by atoms with E-state index in [1.54, 1.807) is 0 Å². The van der Waals surface area contributed by atoms with Crippen molar-refractivity contribution in [1.82, 2.24) is 5.32 Å². The standard InChI is InChI=1S/C9H17N.C2H6.H2/c1-4-6-9(7-5-2)8-10-3;1-2;/h4,6-7,10H,5,8H2,1-3H3;1-2H3;1H/b6-4-,9-7+;;. The Morgan fingerprint density at radius 1 is 1.42 bits per heavy atom. The zero-order valence-corrected chi connectivity index (χ0v) is 9.15. The first-order valence-corrected chi connectivity index (χ1v) is 4.81. The van der Waals surface area contributed by atoms with Crippen molar-refractivity contribution in [3.8, 4) is 0 Å². The van der Waals surface area contributed by atoms with Gasteiger partial charge in [0, 0.05) is 7.97 Å². The minimum atomic E-state index is 0. The van der Waals surface area contributed by atoms with E-state index in [1.165, 1.54) is 5.57 Å². The summed E-state index contributed by atoms with van der Waals surface area (Å²) in [6.45, 7) is 9.16. The molecule has 1 nitrogen and oxygen atoms in total. The van der Waals surface area contributed by atoms with E-state index in [9.17, 15) is 0 Å². The number of rotatable bonds is 4. The maximum absolute atomic E-state index is 3.12. The van der Waals surface area contributed by atoms with Crippen LogP contribution in [0, 0.1) is 0 Å². The van der Waals surface area contributed by atoms with Crippen LogP contribution >= 0.6 is 0 Å². The summed E-state index contributed by atoms with van der Waals surface area (Å²) in [4.78, 5) is 0. The molecule has 0 heterocycles. The smallest absolute Gasteiger partial charge is 0.0199 e. The van der Waals surface area contributed by atoms with Gasteiger partial charge < -0.3 is 5.32 Å². The molecule has 0 aromatic heterocycles. The zero-order chi connectivity index (χ0) is 9.82. The summed E-state index contributed by atoms with van der Waals surface area (Å²) in [5, 5.41) is 3.12. The second kappa shape index (κ2) is 13.1. The normalized spacial score (nSPS) is 11.2. The molecule has 0 aliphatic carbocycles. The van der Waals surface area contributed by atoms with Crippen LogP contribution in [-0.4, -0.2) is 13.6 Å². The van der Waals surface area contributed by atoms with Crippen LogP contribution in [0.15, 0.2) is 23.8 Å². The lowest BCUT2D eigenvalue weighted by molar-refractivity contribution is 0.889. The molecular formula is C11H25N. The summed E-state index contributed by atoms with van der Waals surface area (Å²) in [5.41, 5.74) is 1.37. The minimum Gasteiger partial charge on any atom is -0.316 e. The van der Waals surface area contributed by atoms with Crippen LogP contribution in [0.25, 0.3) is 0 Å². The molecule has 0 aromatic rings. The summed E-state index contributed by atoms with van der Waals surface area (Å²) in [7, 11) is 1.97. The molecule has 0 amide bonds. The largest absolute Gasteiger partial charge is 0.316 e. The predicted molar refractivity (Wildman–Crippen MR) is 60.6 cm³/mol. The molecule has 0 rings (SSSR count). The van der Waals surface area contributed by atoms with Gasteiger partial charge in [0.25, 0.3) is 0 Å². The Kier molecular flexibility index (Phi) is 15.2. The molecule has 0 atom stereocenters. The van der Waals surface area contributed by atoms with Crippen LogP contribution < -0.4 is 5.32 Å². The highest BCUT2D eigenvalue weighted by Crippen LogP contribution is 1.96. The van der Waals surface area contributed by atoms with Crippen LogP contribution in [0.2, 0.25) is 0 Å². The lowest BCUT2D eigenvalue weighted by Gasteiger charge is -1.98. The fourth-order valence-electron chi connectivity index (χ4n) is 0.880. The second-order valence-corrected chi connectivity index (χ2v) is 2.22. The lowest BCUT2D eigenvalue weighted by atomic mass is 10.2. The number of hydrogen-bond donors (Lipinski definition) is 1. The highest BCUT2D eigenvalue weighted by Gasteiger charge is 1.85. The van der Waals surface area contributed by atoms with E-state index in [0.29, 0.717) is 0 Å². The second-order valence-electron chi connectivity index (χ2n) is 2.22. The Morgan fingerprint density at radius 3 is 2.33 bits per heavy atom. The third kappa shape index (κ3) is 9.44. The van der Waals surface area contributed by atoms with Gasteiger partial charge in [-0.05, 0) is 26.0 Å². The Hall–Kier alpha value is -0.560. The quantitative estimate of drug-likeness (QED) is 0.639. The van der Waals surface area contributed by atoms with E-state index in [4.69, 9.17) is 0 Å². The maximum Gasteiger partial charge on any atom is 0.0199 e. The van der Waals surface area contributed by atoms with Crippen molar-refractivity contribution in [1.29, 1.82) is 0 Å². The van der Waals surface area contributed by atoms with Gasteiger partial charge in [-0.15, -0.1) is 0 Å². The molecule has 1 heteroatoms. The predicted octanol–water partition coefficient (Wildman–Crippen LogP) is 3.39. The molecular weight excluding hydrogens is 146 g/mol. The van der Waals surface area contributed by atoms with Crippen LogP contribution in [0.5, 0.6) is 0 Å². The molecule has 12 heavy (non-hydrogen) atoms. The van der Waals surface area contributed by atoms with Gasteiger partial charge >= 0.3 is 0 Å². The van der Waals surface area contributed by atoms with Gasteiger partial charge in [-0.25, -0.2) is 0 Å². The fourth-order valence-corrected chi connectivity index (χ4v) is 0.880. The van der Waals surface area contributed by atoms with Crippen molar-refractivity contribution < 1.29 is 1.43 Å². The van der Waals surface area contributed by atoms with Gasteiger partial charge in [0.05, 0.1) is 0 Å². The van der Waals surface area contributed by atoms with Gasteiger partial charge in [-0.3, -0.25) is 0 Å². The van der Waals surface area contributed by atoms with E-state index >= 15 is 0 Å². The third-order valence-corrected chi connectivity index (χ3v) is 1.23. The zero-order valence-electron chi connectivity index (χ0n) is 9.15. The SMILES string of the molecule is C/C=C\C(=C/CC)CNC.CC.[HH]. The first kappa shape index (κ1) is 14.0. The van der Waals surface area contributed by atoms with Crippen molar-refractivity contribution in [3.63, 3.8) is 0 Å². The topological polar surface area (TPSA) is 12.0 Å². The molecule has 0 saturated heterocycles. The van der Waals surface area contributed by atoms with Crippen molar-refractivity contribution in [2.45, 2.75) is 34.1 Å². The highest BCUT2D eigenvalue weighted by atomic mass is 14.8. The van der Waals surface area contributed by atoms with E-state index in [0.717, 1.165) is 13.0 Å². The summed E-state index contributed by atoms with van der Waals surface area (Å²) < 4.78 is 0. The summed E-state index contributed by atoms with van der Waals surface area (Å²) in [6, 6.07) is 0. The Balaban J connectivity index is -0.000000309. The van der Waals surface area contributed by atoms with Gasteiger partial charge in [0.1, 0.15) is 0 Å². The molecule has 74 valence electrons. The first-order chi connectivity index (χ1) is 5.85. The van der Waals surface area contributed by atoms with Crippen LogP contribution in [0.1, 0.15) is 35.5 Å². The molecule has 0 bridgehead atoms. The molecule has 1 N–H and O–H groups in total. The molecule has 0 radical (unpaired) electrons. The maximum atomic E-state index is 3.12. The molecule has 0 fully saturated rings. The van der Waals surface area contributed by atoms with Gasteiger partial charge in [-0.1, -0.05) is 39.0 Å². The van der Waals surface area contributed by atoms with Crippen molar-refractivity contribution in [2.24, 2.45) is 0 Å². The molecule has 0 aliphatic rings. The number of hydrogen-bond acceptors (Lipinski definition) is 1. The average molecular weight is 171 g/mol. The number of nitrogens with one attached hydrogen (secondary N) is 1. The van der Waals surface area contributed by atoms with E-state index in [1.807, 2.05) is 27.8 Å². The van der Waals surface area contributed by atoms with Crippen molar-refractivity contribution in [3.05, 3.63) is 23.8 Å². The monoisotopic (exact) mass is 171 g/mol. The van der Waals surface area contributed by atoms with Gasteiger partial charge in [0.2, 0.25) is 0 Å². The van der Waals surface area contributed by atoms with Gasteiger partial charge in [0.15, 0.2) is 0 Å². The van der Waals surface area contributed by atoms with Crippen LogP contribution in [-0.2, 0) is 0 Å². The third-order valence-electron chi connectivity index (χ3n) is 1.23. The molecule has 0 aliphatic heterocycles. The first-order valence-electron chi connectivity index (χ1n) is 4.81. The number of likely N-dealkylation sites (N-methyl/N-ethyl adjacent to an activating group) is 1. The summed E-state index contributed by atoms with van der Waals surface area (Å²) in [5.74, 6) is 0. The lowest BCUT2D eigenvalue weighted by Crippen LogP contribution is -2.08. The van der Waals surface area contributed by atoms with E-state index in [-0.39, 0.29) is 1.43 Å².